The third-order valence-electron chi connectivity index (χ3n) is 13.6. The van der Waals surface area contributed by atoms with Gasteiger partial charge < -0.3 is 4.90 Å². The Kier molecular flexibility index (Phi) is 9.17. The predicted molar refractivity (Wildman–Crippen MR) is 276 cm³/mol. The van der Waals surface area contributed by atoms with Crippen molar-refractivity contribution in [1.82, 2.24) is 4.40 Å². The Morgan fingerprint density at radius 2 is 1.00 bits per heavy atom. The molecule has 1 atom stereocenters. The highest BCUT2D eigenvalue weighted by Gasteiger charge is 2.26. The molecule has 0 spiro atoms. The highest BCUT2D eigenvalue weighted by molar-refractivity contribution is 7.25. The Balaban J connectivity index is 1.10. The number of benzene rings is 9. The molecule has 0 bridgehead atoms. The zero-order chi connectivity index (χ0) is 43.1. The van der Waals surface area contributed by atoms with Crippen LogP contribution >= 0.6 is 11.3 Å². The van der Waals surface area contributed by atoms with Crippen molar-refractivity contribution >= 4 is 86.7 Å². The van der Waals surface area contributed by atoms with Crippen LogP contribution in [-0.4, -0.2) is 4.40 Å². The van der Waals surface area contributed by atoms with Gasteiger partial charge in [-0.2, -0.15) is 0 Å². The second kappa shape index (κ2) is 15.3. The first-order chi connectivity index (χ1) is 31.4. The van der Waals surface area contributed by atoms with E-state index in [1.165, 1.54) is 97.2 Å². The van der Waals surface area contributed by atoms with Crippen molar-refractivity contribution in [2.45, 2.75) is 45.4 Å². The lowest BCUT2D eigenvalue weighted by Crippen LogP contribution is -2.09. The van der Waals surface area contributed by atoms with Gasteiger partial charge in [0.15, 0.2) is 0 Å². The quantitative estimate of drug-likeness (QED) is 0.131. The van der Waals surface area contributed by atoms with Crippen LogP contribution in [0.4, 0.5) is 17.1 Å². The Morgan fingerprint density at radius 1 is 0.406 bits per heavy atom. The van der Waals surface area contributed by atoms with Crippen molar-refractivity contribution in [3.05, 3.63) is 228 Å². The number of rotatable bonds is 9. The minimum absolute atomic E-state index is 0.100. The fourth-order valence-electron chi connectivity index (χ4n) is 10.3. The molecule has 0 saturated carbocycles. The van der Waals surface area contributed by atoms with Crippen LogP contribution in [0.25, 0.3) is 69.4 Å². The summed E-state index contributed by atoms with van der Waals surface area (Å²) >= 11 is 1.91. The lowest BCUT2D eigenvalue weighted by atomic mass is 9.83. The second-order valence-corrected chi connectivity index (χ2v) is 19.1. The molecule has 12 rings (SSSR count). The van der Waals surface area contributed by atoms with Gasteiger partial charge in [0.25, 0.3) is 0 Å². The van der Waals surface area contributed by atoms with Crippen LogP contribution in [-0.2, 0) is 0 Å². The molecule has 0 saturated heterocycles. The lowest BCUT2D eigenvalue weighted by Gasteiger charge is -2.26. The summed E-state index contributed by atoms with van der Waals surface area (Å²) in [6, 6.07) is 75.0. The first-order valence-corrected chi connectivity index (χ1v) is 23.5. The Bertz CT molecular complexity index is 3640. The van der Waals surface area contributed by atoms with Gasteiger partial charge >= 0.3 is 0 Å². The summed E-state index contributed by atoms with van der Waals surface area (Å²) in [6.45, 7) is 9.05. The van der Waals surface area contributed by atoms with Gasteiger partial charge in [-0.15, -0.1) is 11.3 Å². The smallest absolute Gasteiger partial charge is 0.109 e. The maximum atomic E-state index is 2.58. The third-order valence-corrected chi connectivity index (χ3v) is 14.7. The van der Waals surface area contributed by atoms with Crippen LogP contribution in [0, 0.1) is 0 Å². The normalized spacial score (nSPS) is 12.6. The minimum atomic E-state index is 0.100. The average molecular weight is 841 g/mol. The van der Waals surface area contributed by atoms with Crippen LogP contribution in [0.5, 0.6) is 0 Å². The van der Waals surface area contributed by atoms with E-state index in [2.05, 4.69) is 237 Å². The zero-order valence-corrected chi connectivity index (χ0v) is 37.4. The van der Waals surface area contributed by atoms with Gasteiger partial charge in [-0.25, -0.2) is 0 Å². The SMILES string of the molecule is CC(C)c1ccc(C(c2ccccc2)c2ccc3cc4c5c6ccc(N(c7ccccc7)c7ccc(C(C)C)cc7)cc6sc5n5c6ccc(-c7ccccc7)cc6c(c3c2)c45)cc1. The van der Waals surface area contributed by atoms with Gasteiger partial charge in [0.1, 0.15) is 4.83 Å². The third kappa shape index (κ3) is 6.21. The number of para-hydroxylation sites is 1. The van der Waals surface area contributed by atoms with E-state index in [9.17, 15) is 0 Å². The fraction of sp³-hybridized carbons (Fsp3) is 0.115. The molecule has 0 aliphatic rings. The highest BCUT2D eigenvalue weighted by Crippen LogP contribution is 2.50. The van der Waals surface area contributed by atoms with Crippen molar-refractivity contribution in [2.24, 2.45) is 0 Å². The molecule has 0 radical (unpaired) electrons. The van der Waals surface area contributed by atoms with Crippen molar-refractivity contribution in [2.75, 3.05) is 4.90 Å². The molecule has 12 aromatic rings. The number of hydrogen-bond donors (Lipinski definition) is 0. The summed E-state index contributed by atoms with van der Waals surface area (Å²) in [5, 5.41) is 9.14. The number of aromatic nitrogens is 1. The van der Waals surface area contributed by atoms with Gasteiger partial charge in [-0.3, -0.25) is 4.40 Å². The second-order valence-electron chi connectivity index (χ2n) is 18.1. The van der Waals surface area contributed by atoms with E-state index in [0.717, 1.165) is 17.1 Å². The molecule has 0 N–H and O–H groups in total. The average Bonchev–Trinajstić information content (AvgIpc) is 3.98. The van der Waals surface area contributed by atoms with Crippen molar-refractivity contribution < 1.29 is 0 Å². The van der Waals surface area contributed by atoms with Crippen LogP contribution in [0.15, 0.2) is 200 Å². The predicted octanol–water partition coefficient (Wildman–Crippen LogP) is 17.8. The molecular weight excluding hydrogens is 793 g/mol. The molecule has 64 heavy (non-hydrogen) atoms. The Morgan fingerprint density at radius 3 is 1.70 bits per heavy atom. The van der Waals surface area contributed by atoms with Gasteiger partial charge in [-0.1, -0.05) is 167 Å². The van der Waals surface area contributed by atoms with Crippen LogP contribution in [0.2, 0.25) is 0 Å². The van der Waals surface area contributed by atoms with Crippen LogP contribution in [0.1, 0.15) is 73.3 Å². The first-order valence-electron chi connectivity index (χ1n) is 22.7. The number of thiophene rings is 1. The van der Waals surface area contributed by atoms with E-state index in [1.54, 1.807) is 0 Å². The monoisotopic (exact) mass is 840 g/mol. The molecule has 3 aromatic heterocycles. The van der Waals surface area contributed by atoms with Crippen molar-refractivity contribution in [3.8, 4) is 11.1 Å². The van der Waals surface area contributed by atoms with E-state index in [-0.39, 0.29) is 5.92 Å². The summed E-state index contributed by atoms with van der Waals surface area (Å²) < 4.78 is 3.87. The van der Waals surface area contributed by atoms with E-state index >= 15 is 0 Å². The molecule has 0 fully saturated rings. The highest BCUT2D eigenvalue weighted by atomic mass is 32.1. The lowest BCUT2D eigenvalue weighted by molar-refractivity contribution is 0.862. The number of nitrogens with zero attached hydrogens (tertiary/aromatic N) is 2. The molecule has 3 heteroatoms. The minimum Gasteiger partial charge on any atom is -0.310 e. The van der Waals surface area contributed by atoms with Gasteiger partial charge in [0.05, 0.1) is 11.0 Å². The number of anilines is 3. The maximum Gasteiger partial charge on any atom is 0.109 e. The molecule has 0 aliphatic heterocycles. The summed E-state index contributed by atoms with van der Waals surface area (Å²) in [7, 11) is 0. The molecule has 2 nitrogen and oxygen atoms in total. The summed E-state index contributed by atoms with van der Waals surface area (Å²) in [5.41, 5.74) is 15.1. The van der Waals surface area contributed by atoms with Crippen LogP contribution < -0.4 is 4.90 Å². The fourth-order valence-corrected chi connectivity index (χ4v) is 11.6. The number of fused-ring (bicyclic) bond motifs is 10. The van der Waals surface area contributed by atoms with Gasteiger partial charge in [0.2, 0.25) is 0 Å². The molecule has 3 heterocycles. The Hall–Kier alpha value is -7.20. The van der Waals surface area contributed by atoms with Crippen molar-refractivity contribution in [3.63, 3.8) is 0 Å². The number of hydrogen-bond acceptors (Lipinski definition) is 2. The topological polar surface area (TPSA) is 7.65 Å². The van der Waals surface area contributed by atoms with E-state index in [0.29, 0.717) is 11.8 Å². The molecule has 308 valence electrons. The van der Waals surface area contributed by atoms with Crippen LogP contribution in [0.3, 0.4) is 0 Å². The summed E-state index contributed by atoms with van der Waals surface area (Å²) in [5.74, 6) is 1.06. The molecule has 0 aliphatic carbocycles. The Labute approximate surface area is 378 Å². The molecule has 9 aromatic carbocycles. The summed E-state index contributed by atoms with van der Waals surface area (Å²) in [4.78, 5) is 3.69. The molecule has 0 amide bonds. The summed E-state index contributed by atoms with van der Waals surface area (Å²) in [6.07, 6.45) is 0. The zero-order valence-electron chi connectivity index (χ0n) is 36.6. The van der Waals surface area contributed by atoms with Gasteiger partial charge in [-0.05, 0) is 122 Å². The first kappa shape index (κ1) is 38.5. The largest absolute Gasteiger partial charge is 0.310 e. The standard InChI is InChI=1S/C61H48N2S/c1-38(2)40-20-22-44(23-21-40)57(43-16-10-6-11-17-43)47-25-24-46-35-54-59-51-32-31-50(62(48-18-12-7-13-19-48)49-29-26-41(27-30-49)39(3)4)37-56(51)64-61(59)63-55-33-28-45(42-14-8-5-9-15-42)34-53(55)58(60(54)63)52(46)36-47/h5-39,57H,1-4H3. The maximum absolute atomic E-state index is 2.58. The van der Waals surface area contributed by atoms with E-state index in [4.69, 9.17) is 0 Å². The molecular formula is C61H48N2S. The van der Waals surface area contributed by atoms with Crippen molar-refractivity contribution in [1.29, 1.82) is 0 Å². The van der Waals surface area contributed by atoms with E-state index < -0.39 is 0 Å². The van der Waals surface area contributed by atoms with E-state index in [1.807, 2.05) is 11.3 Å². The van der Waals surface area contributed by atoms with Gasteiger partial charge in [0, 0.05) is 54.6 Å². The molecule has 1 unspecified atom stereocenters.